The molecule has 0 fully saturated rings. The lowest BCUT2D eigenvalue weighted by molar-refractivity contribution is 0.540. The summed E-state index contributed by atoms with van der Waals surface area (Å²) in [6.45, 7) is 3.84. The second kappa shape index (κ2) is 5.73. The van der Waals surface area contributed by atoms with Crippen LogP contribution < -0.4 is 11.1 Å². The van der Waals surface area contributed by atoms with Crippen molar-refractivity contribution in [1.82, 2.24) is 5.32 Å². The summed E-state index contributed by atoms with van der Waals surface area (Å²) in [5.41, 5.74) is 6.96. The monoisotopic (exact) mass is 178 g/mol. The molecule has 1 aromatic carbocycles. The molecule has 1 atom stereocenters. The zero-order valence-corrected chi connectivity index (χ0v) is 8.16. The minimum atomic E-state index is 0.307. The van der Waals surface area contributed by atoms with Gasteiger partial charge in [0.15, 0.2) is 0 Å². The molecule has 0 aliphatic heterocycles. The molecular formula is C11H18N2. The van der Waals surface area contributed by atoms with Crippen molar-refractivity contribution < 1.29 is 0 Å². The first-order valence-electron chi connectivity index (χ1n) is 4.87. The topological polar surface area (TPSA) is 38.0 Å². The maximum absolute atomic E-state index is 5.68. The average Bonchev–Trinajstić information content (AvgIpc) is 2.21. The van der Waals surface area contributed by atoms with Crippen LogP contribution in [0.1, 0.15) is 24.9 Å². The molecule has 0 amide bonds. The van der Waals surface area contributed by atoms with Gasteiger partial charge in [-0.1, -0.05) is 37.3 Å². The summed E-state index contributed by atoms with van der Waals surface area (Å²) >= 11 is 0. The van der Waals surface area contributed by atoms with E-state index in [2.05, 4.69) is 24.4 Å². The predicted molar refractivity (Wildman–Crippen MR) is 56.5 cm³/mol. The van der Waals surface area contributed by atoms with E-state index in [-0.39, 0.29) is 0 Å². The highest BCUT2D eigenvalue weighted by atomic mass is 14.9. The van der Waals surface area contributed by atoms with Gasteiger partial charge < -0.3 is 11.1 Å². The molecule has 0 bridgehead atoms. The van der Waals surface area contributed by atoms with Crippen molar-refractivity contribution >= 4 is 0 Å². The van der Waals surface area contributed by atoms with Gasteiger partial charge in [0.05, 0.1) is 0 Å². The van der Waals surface area contributed by atoms with Crippen LogP contribution in [0, 0.1) is 0 Å². The lowest BCUT2D eigenvalue weighted by atomic mass is 10.1. The van der Waals surface area contributed by atoms with Crippen LogP contribution in [0.5, 0.6) is 0 Å². The highest BCUT2D eigenvalue weighted by molar-refractivity contribution is 5.19. The van der Waals surface area contributed by atoms with E-state index in [1.54, 1.807) is 0 Å². The second-order valence-corrected chi connectivity index (χ2v) is 3.15. The zero-order valence-electron chi connectivity index (χ0n) is 8.16. The second-order valence-electron chi connectivity index (χ2n) is 3.15. The third-order valence-corrected chi connectivity index (χ3v) is 2.08. The highest BCUT2D eigenvalue weighted by Crippen LogP contribution is 2.10. The van der Waals surface area contributed by atoms with Gasteiger partial charge in [-0.05, 0) is 18.5 Å². The lowest BCUT2D eigenvalue weighted by Crippen LogP contribution is -2.28. The van der Waals surface area contributed by atoms with Crippen LogP contribution in [0.4, 0.5) is 0 Å². The van der Waals surface area contributed by atoms with E-state index in [1.165, 1.54) is 5.56 Å². The number of benzene rings is 1. The summed E-state index contributed by atoms with van der Waals surface area (Å²) in [5, 5.41) is 3.41. The van der Waals surface area contributed by atoms with Crippen molar-refractivity contribution in [3.63, 3.8) is 0 Å². The number of hydrogen-bond acceptors (Lipinski definition) is 2. The van der Waals surface area contributed by atoms with Crippen molar-refractivity contribution in [3.05, 3.63) is 35.9 Å². The van der Waals surface area contributed by atoms with Gasteiger partial charge in [0.25, 0.3) is 0 Å². The molecular weight excluding hydrogens is 160 g/mol. The smallest absolute Gasteiger partial charge is 0.0444 e. The van der Waals surface area contributed by atoms with Crippen LogP contribution >= 0.6 is 0 Å². The summed E-state index contributed by atoms with van der Waals surface area (Å²) in [7, 11) is 0. The van der Waals surface area contributed by atoms with Crippen LogP contribution in [0.2, 0.25) is 0 Å². The molecule has 0 aromatic heterocycles. The Balaban J connectivity index is 2.56. The van der Waals surface area contributed by atoms with E-state index in [9.17, 15) is 0 Å². The van der Waals surface area contributed by atoms with Crippen molar-refractivity contribution in [2.75, 3.05) is 13.1 Å². The van der Waals surface area contributed by atoms with E-state index in [0.717, 1.165) is 13.0 Å². The van der Waals surface area contributed by atoms with Gasteiger partial charge >= 0.3 is 0 Å². The van der Waals surface area contributed by atoms with Gasteiger partial charge in [-0.15, -0.1) is 0 Å². The molecule has 1 rings (SSSR count). The number of nitrogens with one attached hydrogen (secondary N) is 1. The summed E-state index contributed by atoms with van der Waals surface area (Å²) in [6, 6.07) is 10.6. The summed E-state index contributed by atoms with van der Waals surface area (Å²) in [4.78, 5) is 0. The van der Waals surface area contributed by atoms with Crippen molar-refractivity contribution in [2.24, 2.45) is 5.73 Å². The van der Waals surface area contributed by atoms with E-state index >= 15 is 0 Å². The standard InChI is InChI=1S/C11H18N2/c1-2-8-13-11(9-12)10-6-4-3-5-7-10/h3-7,11,13H,2,8-9,12H2,1H3. The molecule has 0 saturated heterocycles. The molecule has 0 aliphatic rings. The largest absolute Gasteiger partial charge is 0.329 e. The Bertz CT molecular complexity index is 221. The van der Waals surface area contributed by atoms with Crippen LogP contribution in [0.3, 0.4) is 0 Å². The van der Waals surface area contributed by atoms with Gasteiger partial charge in [-0.3, -0.25) is 0 Å². The van der Waals surface area contributed by atoms with Crippen LogP contribution in [-0.2, 0) is 0 Å². The van der Waals surface area contributed by atoms with Gasteiger partial charge in [0, 0.05) is 12.6 Å². The van der Waals surface area contributed by atoms with Crippen molar-refractivity contribution in [1.29, 1.82) is 0 Å². The Hall–Kier alpha value is -0.860. The third-order valence-electron chi connectivity index (χ3n) is 2.08. The molecule has 2 heteroatoms. The van der Waals surface area contributed by atoms with Gasteiger partial charge in [-0.25, -0.2) is 0 Å². The molecule has 72 valence electrons. The van der Waals surface area contributed by atoms with E-state index in [4.69, 9.17) is 5.73 Å². The Morgan fingerprint density at radius 3 is 2.54 bits per heavy atom. The first-order chi connectivity index (χ1) is 6.38. The lowest BCUT2D eigenvalue weighted by Gasteiger charge is -2.16. The average molecular weight is 178 g/mol. The maximum atomic E-state index is 5.68. The molecule has 0 aliphatic carbocycles. The van der Waals surface area contributed by atoms with Crippen LogP contribution in [-0.4, -0.2) is 13.1 Å². The molecule has 1 aromatic rings. The number of hydrogen-bond donors (Lipinski definition) is 2. The molecule has 1 unspecified atom stereocenters. The normalized spacial score (nSPS) is 12.8. The Morgan fingerprint density at radius 2 is 2.00 bits per heavy atom. The maximum Gasteiger partial charge on any atom is 0.0444 e. The Kier molecular flexibility index (Phi) is 4.50. The SMILES string of the molecule is CCCNC(CN)c1ccccc1. The van der Waals surface area contributed by atoms with Crippen LogP contribution in [0.15, 0.2) is 30.3 Å². The fourth-order valence-electron chi connectivity index (χ4n) is 1.34. The Morgan fingerprint density at radius 1 is 1.31 bits per heavy atom. The van der Waals surface area contributed by atoms with E-state index in [0.29, 0.717) is 12.6 Å². The fourth-order valence-corrected chi connectivity index (χ4v) is 1.34. The molecule has 0 radical (unpaired) electrons. The van der Waals surface area contributed by atoms with Gasteiger partial charge in [-0.2, -0.15) is 0 Å². The fraction of sp³-hybridized carbons (Fsp3) is 0.455. The minimum Gasteiger partial charge on any atom is -0.329 e. The predicted octanol–water partition coefficient (Wildman–Crippen LogP) is 1.69. The first kappa shape index (κ1) is 10.2. The molecule has 13 heavy (non-hydrogen) atoms. The highest BCUT2D eigenvalue weighted by Gasteiger charge is 2.06. The third kappa shape index (κ3) is 3.17. The minimum absolute atomic E-state index is 0.307. The molecule has 0 spiro atoms. The van der Waals surface area contributed by atoms with Gasteiger partial charge in [0.1, 0.15) is 0 Å². The van der Waals surface area contributed by atoms with Crippen molar-refractivity contribution in [3.8, 4) is 0 Å². The summed E-state index contributed by atoms with van der Waals surface area (Å²) < 4.78 is 0. The molecule has 2 nitrogen and oxygen atoms in total. The van der Waals surface area contributed by atoms with E-state index in [1.807, 2.05) is 18.2 Å². The van der Waals surface area contributed by atoms with Gasteiger partial charge in [0.2, 0.25) is 0 Å². The summed E-state index contributed by atoms with van der Waals surface area (Å²) in [6.07, 6.45) is 1.14. The quantitative estimate of drug-likeness (QED) is 0.720. The zero-order chi connectivity index (χ0) is 9.52. The Labute approximate surface area is 80.1 Å². The van der Waals surface area contributed by atoms with E-state index < -0.39 is 0 Å². The molecule has 3 N–H and O–H groups in total. The summed E-state index contributed by atoms with van der Waals surface area (Å²) in [5.74, 6) is 0. The molecule has 0 saturated carbocycles. The van der Waals surface area contributed by atoms with Crippen molar-refractivity contribution in [2.45, 2.75) is 19.4 Å². The number of nitrogens with two attached hydrogens (primary N) is 1. The molecule has 0 heterocycles. The first-order valence-corrected chi connectivity index (χ1v) is 4.87. The van der Waals surface area contributed by atoms with Crippen LogP contribution in [0.25, 0.3) is 0 Å². The number of rotatable bonds is 5.